The molecular formula is C10H13N3OS. The van der Waals surface area contributed by atoms with Gasteiger partial charge >= 0.3 is 0 Å². The molecule has 0 radical (unpaired) electrons. The number of rotatable bonds is 4. The Bertz CT molecular complexity index is 435. The summed E-state index contributed by atoms with van der Waals surface area (Å²) in [4.78, 5) is 9.40. The van der Waals surface area contributed by atoms with E-state index in [1.807, 2.05) is 13.1 Å². The average molecular weight is 223 g/mol. The summed E-state index contributed by atoms with van der Waals surface area (Å²) in [6.07, 6.45) is 3.57. The molecule has 0 bridgehead atoms. The number of hydrogen-bond acceptors (Lipinski definition) is 5. The van der Waals surface area contributed by atoms with E-state index in [0.717, 1.165) is 28.1 Å². The minimum atomic E-state index is 0.675. The maximum absolute atomic E-state index is 5.58. The van der Waals surface area contributed by atoms with Crippen LogP contribution in [0.3, 0.4) is 0 Å². The maximum atomic E-state index is 5.58. The van der Waals surface area contributed by atoms with Crippen molar-refractivity contribution in [1.29, 1.82) is 0 Å². The molecule has 0 aliphatic carbocycles. The van der Waals surface area contributed by atoms with Crippen LogP contribution in [0, 0.1) is 6.92 Å². The maximum Gasteiger partial charge on any atom is 0.208 e. The normalized spacial score (nSPS) is 10.8. The summed E-state index contributed by atoms with van der Waals surface area (Å²) >= 11 is 1.61. The number of thiazole rings is 1. The molecule has 0 saturated carbocycles. The topological polar surface area (TPSA) is 51.0 Å². The number of oxazole rings is 1. The second kappa shape index (κ2) is 4.55. The van der Waals surface area contributed by atoms with E-state index in [1.54, 1.807) is 17.5 Å². The molecule has 0 aliphatic rings. The Labute approximate surface area is 92.4 Å². The van der Waals surface area contributed by atoms with Crippen molar-refractivity contribution in [3.05, 3.63) is 23.3 Å². The van der Waals surface area contributed by atoms with Gasteiger partial charge in [-0.25, -0.2) is 9.97 Å². The van der Waals surface area contributed by atoms with Crippen molar-refractivity contribution in [2.45, 2.75) is 20.4 Å². The van der Waals surface area contributed by atoms with Crippen molar-refractivity contribution >= 4 is 11.3 Å². The van der Waals surface area contributed by atoms with E-state index >= 15 is 0 Å². The first-order valence-corrected chi connectivity index (χ1v) is 5.69. The lowest BCUT2D eigenvalue weighted by molar-refractivity contribution is 0.483. The minimum absolute atomic E-state index is 0.675. The molecule has 0 aliphatic heterocycles. The molecule has 0 spiro atoms. The average Bonchev–Trinajstić information content (AvgIpc) is 2.83. The highest BCUT2D eigenvalue weighted by molar-refractivity contribution is 7.14. The third-order valence-corrected chi connectivity index (χ3v) is 2.87. The fraction of sp³-hybridized carbons (Fsp3) is 0.400. The molecule has 2 aromatic heterocycles. The Balaban J connectivity index is 2.13. The number of aromatic nitrogens is 2. The summed E-state index contributed by atoms with van der Waals surface area (Å²) in [6, 6.07) is 0. The van der Waals surface area contributed by atoms with Crippen LogP contribution in [-0.2, 0) is 6.54 Å². The van der Waals surface area contributed by atoms with E-state index in [0.29, 0.717) is 6.54 Å². The molecule has 2 aromatic rings. The van der Waals surface area contributed by atoms with Crippen LogP contribution in [0.15, 0.2) is 16.8 Å². The van der Waals surface area contributed by atoms with Gasteiger partial charge in [-0.15, -0.1) is 11.3 Å². The molecule has 0 aromatic carbocycles. The van der Waals surface area contributed by atoms with E-state index in [4.69, 9.17) is 4.42 Å². The predicted octanol–water partition coefficient (Wildman–Crippen LogP) is 2.22. The molecule has 2 rings (SSSR count). The lowest BCUT2D eigenvalue weighted by Gasteiger charge is -1.94. The fourth-order valence-electron chi connectivity index (χ4n) is 1.21. The lowest BCUT2D eigenvalue weighted by atomic mass is 10.4. The van der Waals surface area contributed by atoms with Gasteiger partial charge in [0, 0.05) is 6.20 Å². The monoisotopic (exact) mass is 223 g/mol. The van der Waals surface area contributed by atoms with Crippen LogP contribution < -0.4 is 5.32 Å². The van der Waals surface area contributed by atoms with Gasteiger partial charge in [0.15, 0.2) is 5.76 Å². The standard InChI is InChI=1S/C10H13N3OS/c1-3-11-6-10-13-4-8(14-10)9-5-12-7(2)15-9/h4-5,11H,3,6H2,1-2H3. The van der Waals surface area contributed by atoms with E-state index in [1.165, 1.54) is 0 Å². The Kier molecular flexibility index (Phi) is 3.13. The van der Waals surface area contributed by atoms with Gasteiger partial charge in [-0.05, 0) is 13.5 Å². The fourth-order valence-corrected chi connectivity index (χ4v) is 1.94. The van der Waals surface area contributed by atoms with Gasteiger partial charge in [-0.1, -0.05) is 6.92 Å². The van der Waals surface area contributed by atoms with Gasteiger partial charge in [-0.3, -0.25) is 0 Å². The first-order chi connectivity index (χ1) is 7.29. The van der Waals surface area contributed by atoms with Crippen LogP contribution in [-0.4, -0.2) is 16.5 Å². The molecule has 15 heavy (non-hydrogen) atoms. The number of nitrogens with one attached hydrogen (secondary N) is 1. The van der Waals surface area contributed by atoms with Crippen molar-refractivity contribution in [3.8, 4) is 10.6 Å². The van der Waals surface area contributed by atoms with Crippen molar-refractivity contribution in [3.63, 3.8) is 0 Å². The van der Waals surface area contributed by atoms with E-state index in [9.17, 15) is 0 Å². The molecule has 0 unspecified atom stereocenters. The van der Waals surface area contributed by atoms with E-state index in [2.05, 4.69) is 22.2 Å². The highest BCUT2D eigenvalue weighted by Gasteiger charge is 2.08. The smallest absolute Gasteiger partial charge is 0.208 e. The zero-order valence-corrected chi connectivity index (χ0v) is 9.60. The molecule has 1 N–H and O–H groups in total. The molecule has 2 heterocycles. The minimum Gasteiger partial charge on any atom is -0.438 e. The molecule has 5 heteroatoms. The molecule has 0 amide bonds. The SMILES string of the molecule is CCNCc1ncc(-c2cnc(C)s2)o1. The third kappa shape index (κ3) is 2.43. The lowest BCUT2D eigenvalue weighted by Crippen LogP contribution is -2.11. The number of aryl methyl sites for hydroxylation is 1. The first kappa shape index (κ1) is 10.3. The second-order valence-electron chi connectivity index (χ2n) is 3.14. The van der Waals surface area contributed by atoms with Crippen LogP contribution >= 0.6 is 11.3 Å². The van der Waals surface area contributed by atoms with Gasteiger partial charge < -0.3 is 9.73 Å². The summed E-state index contributed by atoms with van der Waals surface area (Å²) in [5, 5.41) is 4.20. The van der Waals surface area contributed by atoms with Crippen LogP contribution in [0.25, 0.3) is 10.6 Å². The Morgan fingerprint density at radius 1 is 1.40 bits per heavy atom. The van der Waals surface area contributed by atoms with Crippen molar-refractivity contribution in [2.75, 3.05) is 6.54 Å². The highest BCUT2D eigenvalue weighted by atomic mass is 32.1. The quantitative estimate of drug-likeness (QED) is 0.863. The first-order valence-electron chi connectivity index (χ1n) is 4.88. The van der Waals surface area contributed by atoms with Crippen molar-refractivity contribution in [2.24, 2.45) is 0 Å². The van der Waals surface area contributed by atoms with Gasteiger partial charge in [0.1, 0.15) is 0 Å². The Morgan fingerprint density at radius 2 is 2.27 bits per heavy atom. The van der Waals surface area contributed by atoms with E-state index < -0.39 is 0 Å². The van der Waals surface area contributed by atoms with Crippen LogP contribution in [0.5, 0.6) is 0 Å². The van der Waals surface area contributed by atoms with E-state index in [-0.39, 0.29) is 0 Å². The molecular weight excluding hydrogens is 210 g/mol. The molecule has 0 fully saturated rings. The highest BCUT2D eigenvalue weighted by Crippen LogP contribution is 2.26. The van der Waals surface area contributed by atoms with Crippen molar-refractivity contribution < 1.29 is 4.42 Å². The Hall–Kier alpha value is -1.20. The largest absolute Gasteiger partial charge is 0.438 e. The number of nitrogens with zero attached hydrogens (tertiary/aromatic N) is 2. The van der Waals surface area contributed by atoms with Crippen LogP contribution in [0.4, 0.5) is 0 Å². The second-order valence-corrected chi connectivity index (χ2v) is 4.38. The molecule has 0 atom stereocenters. The zero-order chi connectivity index (χ0) is 10.7. The summed E-state index contributed by atoms with van der Waals surface area (Å²) in [6.45, 7) is 5.62. The van der Waals surface area contributed by atoms with Gasteiger partial charge in [0.2, 0.25) is 5.89 Å². The summed E-state index contributed by atoms with van der Waals surface area (Å²) < 4.78 is 5.58. The van der Waals surface area contributed by atoms with Crippen molar-refractivity contribution in [1.82, 2.24) is 15.3 Å². The summed E-state index contributed by atoms with van der Waals surface area (Å²) in [7, 11) is 0. The summed E-state index contributed by atoms with van der Waals surface area (Å²) in [5.74, 6) is 1.52. The zero-order valence-electron chi connectivity index (χ0n) is 8.78. The third-order valence-electron chi connectivity index (χ3n) is 1.94. The van der Waals surface area contributed by atoms with Gasteiger partial charge in [0.05, 0.1) is 22.6 Å². The van der Waals surface area contributed by atoms with Crippen LogP contribution in [0.2, 0.25) is 0 Å². The molecule has 80 valence electrons. The van der Waals surface area contributed by atoms with Crippen LogP contribution in [0.1, 0.15) is 17.8 Å². The Morgan fingerprint density at radius 3 is 2.93 bits per heavy atom. The van der Waals surface area contributed by atoms with Gasteiger partial charge in [-0.2, -0.15) is 0 Å². The van der Waals surface area contributed by atoms with Gasteiger partial charge in [0.25, 0.3) is 0 Å². The number of hydrogen-bond donors (Lipinski definition) is 1. The summed E-state index contributed by atoms with van der Waals surface area (Å²) in [5.41, 5.74) is 0. The predicted molar refractivity (Wildman–Crippen MR) is 59.7 cm³/mol. The molecule has 0 saturated heterocycles. The molecule has 4 nitrogen and oxygen atoms in total.